The van der Waals surface area contributed by atoms with Gasteiger partial charge < -0.3 is 10.4 Å². The van der Waals surface area contributed by atoms with Crippen LogP contribution in [0.1, 0.15) is 28.0 Å². The van der Waals surface area contributed by atoms with Gasteiger partial charge in [-0.25, -0.2) is 0 Å². The summed E-state index contributed by atoms with van der Waals surface area (Å²) >= 11 is 0. The number of aliphatic hydroxyl groups excluding tert-OH is 1. The molecule has 0 spiro atoms. The summed E-state index contributed by atoms with van der Waals surface area (Å²) in [5.74, 6) is 5.51. The zero-order valence-electron chi connectivity index (χ0n) is 11.0. The van der Waals surface area contributed by atoms with Crippen molar-refractivity contribution in [2.75, 3.05) is 11.9 Å². The number of aromatic amines is 1. The van der Waals surface area contributed by atoms with E-state index in [0.717, 1.165) is 11.1 Å². The molecule has 0 unspecified atom stereocenters. The maximum absolute atomic E-state index is 11.8. The van der Waals surface area contributed by atoms with Crippen LogP contribution < -0.4 is 5.32 Å². The highest BCUT2D eigenvalue weighted by Crippen LogP contribution is 2.15. The molecule has 102 valence electrons. The van der Waals surface area contributed by atoms with Crippen LogP contribution in [0.2, 0.25) is 0 Å². The van der Waals surface area contributed by atoms with Gasteiger partial charge in [-0.1, -0.05) is 11.8 Å². The molecule has 1 heterocycles. The number of nitrogens with zero attached hydrogens (tertiary/aromatic N) is 2. The van der Waals surface area contributed by atoms with Crippen molar-refractivity contribution in [2.45, 2.75) is 13.3 Å². The van der Waals surface area contributed by atoms with Crippen LogP contribution in [0.25, 0.3) is 0 Å². The van der Waals surface area contributed by atoms with Crippen LogP contribution in [-0.2, 0) is 0 Å². The molecule has 6 heteroatoms. The highest BCUT2D eigenvalue weighted by atomic mass is 16.2. The third kappa shape index (κ3) is 3.43. The van der Waals surface area contributed by atoms with Crippen LogP contribution in [0.15, 0.2) is 24.4 Å². The number of aliphatic hydroxyl groups is 1. The molecule has 6 nitrogen and oxygen atoms in total. The van der Waals surface area contributed by atoms with E-state index in [4.69, 9.17) is 5.11 Å². The van der Waals surface area contributed by atoms with Crippen LogP contribution in [0.4, 0.5) is 5.69 Å². The molecule has 0 saturated carbocycles. The highest BCUT2D eigenvalue weighted by Gasteiger charge is 2.09. The average molecular weight is 270 g/mol. The first-order valence-electron chi connectivity index (χ1n) is 6.08. The van der Waals surface area contributed by atoms with Gasteiger partial charge in [-0.05, 0) is 30.7 Å². The summed E-state index contributed by atoms with van der Waals surface area (Å²) in [6.07, 6.45) is 1.81. The lowest BCUT2D eigenvalue weighted by atomic mass is 10.1. The number of rotatable bonds is 3. The average Bonchev–Trinajstić information content (AvgIpc) is 2.95. The molecule has 1 amide bonds. The molecule has 0 saturated heterocycles. The van der Waals surface area contributed by atoms with Crippen molar-refractivity contribution in [1.82, 2.24) is 15.4 Å². The third-order valence-electron chi connectivity index (χ3n) is 2.59. The van der Waals surface area contributed by atoms with Crippen molar-refractivity contribution in [1.29, 1.82) is 0 Å². The number of hydrogen-bond donors (Lipinski definition) is 3. The number of amides is 1. The molecule has 0 aliphatic carbocycles. The Labute approximate surface area is 116 Å². The normalized spacial score (nSPS) is 9.70. The smallest absolute Gasteiger partial charge is 0.277 e. The van der Waals surface area contributed by atoms with E-state index in [9.17, 15) is 4.79 Å². The number of carbonyl (C=O) groups excluding carboxylic acids is 1. The standard InChI is InChI=1S/C14H14N4O2/c1-10-8-12(6-5-11(10)4-2-3-7-19)16-14(20)13-9-15-18-17-13/h5-6,8-9,19H,3,7H2,1H3,(H,16,20)(H,15,17,18). The monoisotopic (exact) mass is 270 g/mol. The first-order chi connectivity index (χ1) is 9.70. The Bertz CT molecular complexity index is 654. The molecule has 0 aliphatic heterocycles. The summed E-state index contributed by atoms with van der Waals surface area (Å²) in [5, 5.41) is 21.1. The SMILES string of the molecule is Cc1cc(NC(=O)c2cn[nH]n2)ccc1C#CCCO. The maximum Gasteiger partial charge on any atom is 0.277 e. The van der Waals surface area contributed by atoms with Crippen molar-refractivity contribution in [3.8, 4) is 11.8 Å². The highest BCUT2D eigenvalue weighted by molar-refractivity contribution is 6.02. The van der Waals surface area contributed by atoms with E-state index in [-0.39, 0.29) is 18.2 Å². The minimum absolute atomic E-state index is 0.0535. The maximum atomic E-state index is 11.8. The van der Waals surface area contributed by atoms with E-state index in [1.54, 1.807) is 6.07 Å². The second-order valence-electron chi connectivity index (χ2n) is 4.11. The fraction of sp³-hybridized carbons (Fsp3) is 0.214. The number of aromatic nitrogens is 3. The lowest BCUT2D eigenvalue weighted by Gasteiger charge is -2.05. The van der Waals surface area contributed by atoms with Crippen molar-refractivity contribution in [3.63, 3.8) is 0 Å². The number of hydrogen-bond acceptors (Lipinski definition) is 4. The number of nitrogens with one attached hydrogen (secondary N) is 2. The van der Waals surface area contributed by atoms with Crippen molar-refractivity contribution in [3.05, 3.63) is 41.2 Å². The van der Waals surface area contributed by atoms with Gasteiger partial charge in [0.05, 0.1) is 12.8 Å². The van der Waals surface area contributed by atoms with Gasteiger partial charge in [0.25, 0.3) is 5.91 Å². The zero-order chi connectivity index (χ0) is 14.4. The molecule has 1 aromatic heterocycles. The quantitative estimate of drug-likeness (QED) is 0.728. The Morgan fingerprint density at radius 2 is 2.35 bits per heavy atom. The Morgan fingerprint density at radius 3 is 3.00 bits per heavy atom. The van der Waals surface area contributed by atoms with Gasteiger partial charge in [-0.15, -0.1) is 0 Å². The molecule has 2 aromatic rings. The van der Waals surface area contributed by atoms with Gasteiger partial charge in [0, 0.05) is 17.7 Å². The second kappa shape index (κ2) is 6.50. The molecule has 0 bridgehead atoms. The number of H-pyrrole nitrogens is 1. The summed E-state index contributed by atoms with van der Waals surface area (Å²) in [5.41, 5.74) is 2.73. The fourth-order valence-corrected chi connectivity index (χ4v) is 1.60. The molecule has 0 radical (unpaired) electrons. The fourth-order valence-electron chi connectivity index (χ4n) is 1.60. The van der Waals surface area contributed by atoms with E-state index in [2.05, 4.69) is 32.6 Å². The summed E-state index contributed by atoms with van der Waals surface area (Å²) < 4.78 is 0. The van der Waals surface area contributed by atoms with Crippen molar-refractivity contribution in [2.24, 2.45) is 0 Å². The first kappa shape index (κ1) is 13.8. The molecule has 1 aromatic carbocycles. The molecule has 0 atom stereocenters. The van der Waals surface area contributed by atoms with Crippen LogP contribution >= 0.6 is 0 Å². The van der Waals surface area contributed by atoms with Crippen LogP contribution in [0.3, 0.4) is 0 Å². The minimum atomic E-state index is -0.322. The predicted octanol–water partition coefficient (Wildman–Crippen LogP) is 1.10. The first-order valence-corrected chi connectivity index (χ1v) is 6.08. The molecular formula is C14H14N4O2. The van der Waals surface area contributed by atoms with E-state index >= 15 is 0 Å². The molecule has 3 N–H and O–H groups in total. The van der Waals surface area contributed by atoms with E-state index in [1.165, 1.54) is 6.20 Å². The van der Waals surface area contributed by atoms with Crippen molar-refractivity contribution >= 4 is 11.6 Å². The molecule has 0 aliphatic rings. The second-order valence-corrected chi connectivity index (χ2v) is 4.11. The van der Waals surface area contributed by atoms with E-state index < -0.39 is 0 Å². The van der Waals surface area contributed by atoms with Gasteiger partial charge in [0.2, 0.25) is 0 Å². The van der Waals surface area contributed by atoms with E-state index in [0.29, 0.717) is 12.1 Å². The van der Waals surface area contributed by atoms with E-state index in [1.807, 2.05) is 19.1 Å². The summed E-state index contributed by atoms with van der Waals surface area (Å²) in [7, 11) is 0. The van der Waals surface area contributed by atoms with Gasteiger partial charge in [-0.2, -0.15) is 15.4 Å². The van der Waals surface area contributed by atoms with Gasteiger partial charge in [-0.3, -0.25) is 4.79 Å². The Morgan fingerprint density at radius 1 is 1.50 bits per heavy atom. The van der Waals surface area contributed by atoms with Crippen LogP contribution in [0.5, 0.6) is 0 Å². The molecule has 0 fully saturated rings. The number of carbonyl (C=O) groups is 1. The summed E-state index contributed by atoms with van der Waals surface area (Å²) in [6, 6.07) is 5.44. The lowest BCUT2D eigenvalue weighted by molar-refractivity contribution is 0.102. The van der Waals surface area contributed by atoms with Gasteiger partial charge in [0.1, 0.15) is 0 Å². The topological polar surface area (TPSA) is 90.9 Å². The number of anilines is 1. The third-order valence-corrected chi connectivity index (χ3v) is 2.59. The van der Waals surface area contributed by atoms with Crippen LogP contribution in [-0.4, -0.2) is 33.0 Å². The predicted molar refractivity (Wildman–Crippen MR) is 74.1 cm³/mol. The van der Waals surface area contributed by atoms with Gasteiger partial charge >= 0.3 is 0 Å². The largest absolute Gasteiger partial charge is 0.395 e. The summed E-state index contributed by atoms with van der Waals surface area (Å²) in [4.78, 5) is 11.8. The van der Waals surface area contributed by atoms with Crippen LogP contribution in [0, 0.1) is 18.8 Å². The Balaban J connectivity index is 2.10. The number of benzene rings is 1. The summed E-state index contributed by atoms with van der Waals surface area (Å²) in [6.45, 7) is 1.96. The molecular weight excluding hydrogens is 256 g/mol. The number of aryl methyl sites for hydroxylation is 1. The van der Waals surface area contributed by atoms with Gasteiger partial charge in [0.15, 0.2) is 5.69 Å². The Kier molecular flexibility index (Phi) is 4.47. The zero-order valence-corrected chi connectivity index (χ0v) is 11.0. The molecule has 2 rings (SSSR count). The molecule has 20 heavy (non-hydrogen) atoms. The Hall–Kier alpha value is -2.65. The minimum Gasteiger partial charge on any atom is -0.395 e. The van der Waals surface area contributed by atoms with Crippen molar-refractivity contribution < 1.29 is 9.90 Å². The lowest BCUT2D eigenvalue weighted by Crippen LogP contribution is -2.12.